The van der Waals surface area contributed by atoms with Crippen molar-refractivity contribution in [3.8, 4) is 11.3 Å². The van der Waals surface area contributed by atoms with E-state index in [0.29, 0.717) is 25.3 Å². The van der Waals surface area contributed by atoms with E-state index in [1.807, 2.05) is 41.3 Å². The molecule has 2 aliphatic heterocycles. The van der Waals surface area contributed by atoms with Crippen molar-refractivity contribution in [1.82, 2.24) is 24.7 Å². The fourth-order valence-corrected chi connectivity index (χ4v) is 7.05. The van der Waals surface area contributed by atoms with Crippen LogP contribution in [-0.4, -0.2) is 94.5 Å². The summed E-state index contributed by atoms with van der Waals surface area (Å²) in [5.41, 5.74) is 2.40. The van der Waals surface area contributed by atoms with Gasteiger partial charge in [0.25, 0.3) is 5.91 Å². The summed E-state index contributed by atoms with van der Waals surface area (Å²) in [7, 11) is 2.15. The first kappa shape index (κ1) is 29.1. The van der Waals surface area contributed by atoms with E-state index in [1.54, 1.807) is 6.33 Å². The Balaban J connectivity index is 1.30. The van der Waals surface area contributed by atoms with E-state index < -0.39 is 5.60 Å². The second-order valence-corrected chi connectivity index (χ2v) is 12.4. The van der Waals surface area contributed by atoms with Gasteiger partial charge < -0.3 is 29.5 Å². The Hall–Kier alpha value is -3.04. The quantitative estimate of drug-likeness (QED) is 0.423. The first-order chi connectivity index (χ1) is 20.5. The Labute approximate surface area is 249 Å². The van der Waals surface area contributed by atoms with E-state index >= 15 is 0 Å². The molecule has 1 aromatic heterocycles. The van der Waals surface area contributed by atoms with Crippen molar-refractivity contribution in [2.24, 2.45) is 0 Å². The summed E-state index contributed by atoms with van der Waals surface area (Å²) in [5, 5.41) is 15.6. The highest BCUT2D eigenvalue weighted by molar-refractivity contribution is 5.98. The van der Waals surface area contributed by atoms with Crippen LogP contribution in [0.4, 0.5) is 0 Å². The fourth-order valence-electron chi connectivity index (χ4n) is 7.05. The second-order valence-electron chi connectivity index (χ2n) is 12.4. The number of carbonyl (C=O) groups is 1. The van der Waals surface area contributed by atoms with Gasteiger partial charge in [-0.3, -0.25) is 4.79 Å². The van der Waals surface area contributed by atoms with E-state index in [4.69, 9.17) is 9.72 Å². The molecule has 1 aliphatic carbocycles. The predicted molar refractivity (Wildman–Crippen MR) is 164 cm³/mol. The number of piperidine rings is 1. The van der Waals surface area contributed by atoms with Crippen molar-refractivity contribution in [3.63, 3.8) is 0 Å². The lowest BCUT2D eigenvalue weighted by molar-refractivity contribution is -0.123. The molecule has 2 aromatic carbocycles. The first-order valence-corrected chi connectivity index (χ1v) is 15.7. The number of piperazine rings is 1. The minimum absolute atomic E-state index is 0.0389. The SMILES string of the molecule is CN1CCC(OC[C@]2(O)CCCC[C@H]2n2cnc(C(=O)N3CCNC[C@H]3Cc3ccccc3)c2-c2ccccc2)CC1. The maximum atomic E-state index is 14.3. The average molecular weight is 572 g/mol. The highest BCUT2D eigenvalue weighted by Gasteiger charge is 2.43. The van der Waals surface area contributed by atoms with Crippen LogP contribution in [0.5, 0.6) is 0 Å². The number of likely N-dealkylation sites (tertiary alicyclic amines) is 1. The zero-order chi connectivity index (χ0) is 28.9. The van der Waals surface area contributed by atoms with Gasteiger partial charge in [0.2, 0.25) is 0 Å². The van der Waals surface area contributed by atoms with Crippen LogP contribution in [0.25, 0.3) is 11.3 Å². The van der Waals surface area contributed by atoms with Gasteiger partial charge in [0, 0.05) is 44.3 Å². The molecule has 0 radical (unpaired) electrons. The molecule has 224 valence electrons. The summed E-state index contributed by atoms with van der Waals surface area (Å²) < 4.78 is 8.49. The van der Waals surface area contributed by atoms with E-state index in [-0.39, 0.29) is 24.1 Å². The number of imidazole rings is 1. The molecule has 42 heavy (non-hydrogen) atoms. The van der Waals surface area contributed by atoms with Crippen LogP contribution in [0, 0.1) is 0 Å². The normalized spacial score (nSPS) is 25.9. The third-order valence-corrected chi connectivity index (χ3v) is 9.50. The zero-order valence-corrected chi connectivity index (χ0v) is 24.8. The zero-order valence-electron chi connectivity index (χ0n) is 24.8. The van der Waals surface area contributed by atoms with E-state index in [9.17, 15) is 9.90 Å². The van der Waals surface area contributed by atoms with Crippen LogP contribution >= 0.6 is 0 Å². The lowest BCUT2D eigenvalue weighted by atomic mass is 9.80. The number of ether oxygens (including phenoxy) is 1. The number of rotatable bonds is 8. The van der Waals surface area contributed by atoms with Crippen molar-refractivity contribution in [1.29, 1.82) is 0 Å². The number of hydrogen-bond acceptors (Lipinski definition) is 6. The van der Waals surface area contributed by atoms with Gasteiger partial charge in [0.05, 0.1) is 30.8 Å². The highest BCUT2D eigenvalue weighted by atomic mass is 16.5. The average Bonchev–Trinajstić information content (AvgIpc) is 3.47. The standard InChI is InChI=1S/C34H45N5O3/c1-37-19-15-29(16-20-37)42-24-34(41)17-9-8-14-30(34)39-25-36-31(32(39)27-12-6-3-7-13-27)33(40)38-21-18-35-23-28(38)22-26-10-4-2-5-11-26/h2-7,10-13,25,28-30,35,41H,8-9,14-24H2,1H3/t28-,30-,34-/m1/s1. The molecule has 1 saturated carbocycles. The van der Waals surface area contributed by atoms with Gasteiger partial charge in [-0.25, -0.2) is 4.98 Å². The highest BCUT2D eigenvalue weighted by Crippen LogP contribution is 2.41. The Morgan fingerprint density at radius 2 is 1.76 bits per heavy atom. The van der Waals surface area contributed by atoms with Crippen molar-refractivity contribution in [2.45, 2.75) is 68.7 Å². The molecule has 3 fully saturated rings. The van der Waals surface area contributed by atoms with Gasteiger partial charge in [0.1, 0.15) is 5.60 Å². The molecule has 8 heteroatoms. The summed E-state index contributed by atoms with van der Waals surface area (Å²) >= 11 is 0. The minimum Gasteiger partial charge on any atom is -0.385 e. The molecule has 0 unspecified atom stereocenters. The van der Waals surface area contributed by atoms with Crippen molar-refractivity contribution in [3.05, 3.63) is 78.2 Å². The molecule has 6 rings (SSSR count). The Morgan fingerprint density at radius 1 is 1.02 bits per heavy atom. The van der Waals surface area contributed by atoms with Crippen LogP contribution in [0.2, 0.25) is 0 Å². The van der Waals surface area contributed by atoms with Gasteiger partial charge in [-0.2, -0.15) is 0 Å². The number of aromatic nitrogens is 2. The maximum Gasteiger partial charge on any atom is 0.275 e. The lowest BCUT2D eigenvalue weighted by Gasteiger charge is -2.42. The molecule has 0 bridgehead atoms. The van der Waals surface area contributed by atoms with Gasteiger partial charge in [-0.15, -0.1) is 0 Å². The van der Waals surface area contributed by atoms with E-state index in [1.165, 1.54) is 5.56 Å². The van der Waals surface area contributed by atoms with Crippen LogP contribution in [0.3, 0.4) is 0 Å². The summed E-state index contributed by atoms with van der Waals surface area (Å²) in [6.45, 7) is 4.49. The molecule has 1 amide bonds. The number of carbonyl (C=O) groups excluding carboxylic acids is 1. The molecule has 8 nitrogen and oxygen atoms in total. The minimum atomic E-state index is -1.02. The largest absolute Gasteiger partial charge is 0.385 e. The number of aliphatic hydroxyl groups is 1. The van der Waals surface area contributed by atoms with E-state index in [0.717, 1.165) is 76.0 Å². The molecule has 3 atom stereocenters. The van der Waals surface area contributed by atoms with Gasteiger partial charge in [0.15, 0.2) is 5.69 Å². The second kappa shape index (κ2) is 13.1. The lowest BCUT2D eigenvalue weighted by Crippen LogP contribution is -2.54. The van der Waals surface area contributed by atoms with Gasteiger partial charge >= 0.3 is 0 Å². The Morgan fingerprint density at radius 3 is 2.52 bits per heavy atom. The topological polar surface area (TPSA) is 82.9 Å². The van der Waals surface area contributed by atoms with Crippen LogP contribution in [0.15, 0.2) is 67.0 Å². The predicted octanol–water partition coefficient (Wildman–Crippen LogP) is 4.16. The van der Waals surface area contributed by atoms with Crippen molar-refractivity contribution >= 4 is 5.91 Å². The third kappa shape index (κ3) is 6.32. The number of hydrogen-bond donors (Lipinski definition) is 2. The monoisotopic (exact) mass is 571 g/mol. The summed E-state index contributed by atoms with van der Waals surface area (Å²) in [6, 6.07) is 20.3. The molecule has 2 N–H and O–H groups in total. The van der Waals surface area contributed by atoms with Crippen molar-refractivity contribution < 1.29 is 14.6 Å². The van der Waals surface area contributed by atoms with Crippen LogP contribution in [-0.2, 0) is 11.2 Å². The molecule has 0 spiro atoms. The maximum absolute atomic E-state index is 14.3. The van der Waals surface area contributed by atoms with E-state index in [2.05, 4.69) is 46.1 Å². The number of benzene rings is 2. The van der Waals surface area contributed by atoms with Gasteiger partial charge in [-0.1, -0.05) is 73.5 Å². The fraction of sp³-hybridized carbons (Fsp3) is 0.529. The summed E-state index contributed by atoms with van der Waals surface area (Å²) in [5.74, 6) is -0.0445. The first-order valence-electron chi connectivity index (χ1n) is 15.7. The molecule has 3 heterocycles. The van der Waals surface area contributed by atoms with Crippen molar-refractivity contribution in [2.75, 3.05) is 46.4 Å². The summed E-state index contributed by atoms with van der Waals surface area (Å²) in [4.78, 5) is 23.5. The Bertz CT molecular complexity index is 1310. The molecule has 3 aliphatic rings. The Kier molecular flexibility index (Phi) is 9.05. The van der Waals surface area contributed by atoms with Gasteiger partial charge in [-0.05, 0) is 44.7 Å². The molecule has 2 saturated heterocycles. The number of nitrogens with zero attached hydrogens (tertiary/aromatic N) is 4. The number of amides is 1. The van der Waals surface area contributed by atoms with Crippen LogP contribution in [0.1, 0.15) is 60.6 Å². The third-order valence-electron chi connectivity index (χ3n) is 9.50. The molecular weight excluding hydrogens is 526 g/mol. The smallest absolute Gasteiger partial charge is 0.275 e. The summed E-state index contributed by atoms with van der Waals surface area (Å²) in [6.07, 6.45) is 8.23. The molecular formula is C34H45N5O3. The van der Waals surface area contributed by atoms with Crippen LogP contribution < -0.4 is 5.32 Å². The number of nitrogens with one attached hydrogen (secondary N) is 1. The molecule has 3 aromatic rings.